The normalized spacial score (nSPS) is 13.1. The highest BCUT2D eigenvalue weighted by Gasteiger charge is 2.19. The van der Waals surface area contributed by atoms with Gasteiger partial charge in [-0.1, -0.05) is 26.0 Å². The fourth-order valence-corrected chi connectivity index (χ4v) is 1.58. The molecule has 1 rings (SSSR count). The number of guanidine groups is 1. The Labute approximate surface area is 123 Å². The molecule has 0 radical (unpaired) electrons. The van der Waals surface area contributed by atoms with Gasteiger partial charge in [-0.05, 0) is 51.6 Å². The summed E-state index contributed by atoms with van der Waals surface area (Å²) in [5.41, 5.74) is 8.23. The van der Waals surface area contributed by atoms with Gasteiger partial charge in [0.1, 0.15) is 0 Å². The van der Waals surface area contributed by atoms with E-state index < -0.39 is 0 Å². The molecule has 1 aromatic rings. The van der Waals surface area contributed by atoms with Crippen molar-refractivity contribution in [2.24, 2.45) is 10.7 Å². The molecule has 0 spiro atoms. The second-order valence-corrected chi connectivity index (χ2v) is 6.31. The Kier molecular flexibility index (Phi) is 5.57. The summed E-state index contributed by atoms with van der Waals surface area (Å²) in [5, 5.41) is 3.16. The number of nitrogens with zero attached hydrogens (tertiary/aromatic N) is 2. The third-order valence-corrected chi connectivity index (χ3v) is 3.67. The maximum absolute atomic E-state index is 5.96. The van der Waals surface area contributed by atoms with Crippen LogP contribution in [0.15, 0.2) is 29.3 Å². The third kappa shape index (κ3) is 4.85. The van der Waals surface area contributed by atoms with E-state index in [9.17, 15) is 0 Å². The van der Waals surface area contributed by atoms with Gasteiger partial charge < -0.3 is 16.0 Å². The standard InChI is InChI=1S/C16H28N4/c1-12(2)13-8-7-9-14(10-13)19-15(17)18-11-16(3,4)20(5)6/h7-10,12H,11H2,1-6H3,(H3,17,18,19). The maximum atomic E-state index is 5.96. The Morgan fingerprint density at radius 1 is 1.35 bits per heavy atom. The highest BCUT2D eigenvalue weighted by Crippen LogP contribution is 2.18. The Morgan fingerprint density at radius 3 is 2.55 bits per heavy atom. The molecular formula is C16H28N4. The number of likely N-dealkylation sites (N-methyl/N-ethyl adjacent to an activating group) is 1. The lowest BCUT2D eigenvalue weighted by molar-refractivity contribution is 0.205. The van der Waals surface area contributed by atoms with Gasteiger partial charge in [0.05, 0.1) is 6.54 Å². The van der Waals surface area contributed by atoms with E-state index in [4.69, 9.17) is 5.73 Å². The number of benzene rings is 1. The topological polar surface area (TPSA) is 53.6 Å². The third-order valence-electron chi connectivity index (χ3n) is 3.67. The molecule has 3 N–H and O–H groups in total. The van der Waals surface area contributed by atoms with Crippen molar-refractivity contribution in [3.63, 3.8) is 0 Å². The van der Waals surface area contributed by atoms with Crippen molar-refractivity contribution in [1.29, 1.82) is 0 Å². The first kappa shape index (κ1) is 16.5. The number of nitrogens with two attached hydrogens (primary N) is 1. The van der Waals surface area contributed by atoms with Crippen molar-refractivity contribution < 1.29 is 0 Å². The van der Waals surface area contributed by atoms with E-state index in [1.54, 1.807) is 0 Å². The average molecular weight is 276 g/mol. The summed E-state index contributed by atoms with van der Waals surface area (Å²) in [5.74, 6) is 0.961. The van der Waals surface area contributed by atoms with E-state index in [0.717, 1.165) is 5.69 Å². The molecule has 1 aromatic carbocycles. The largest absolute Gasteiger partial charge is 0.370 e. The highest BCUT2D eigenvalue weighted by molar-refractivity contribution is 5.92. The maximum Gasteiger partial charge on any atom is 0.193 e. The molecule has 0 heterocycles. The van der Waals surface area contributed by atoms with Gasteiger partial charge in [0.25, 0.3) is 0 Å². The van der Waals surface area contributed by atoms with E-state index in [1.807, 2.05) is 26.2 Å². The summed E-state index contributed by atoms with van der Waals surface area (Å²) in [6.45, 7) is 9.29. The van der Waals surface area contributed by atoms with Crippen molar-refractivity contribution in [3.8, 4) is 0 Å². The first-order valence-electron chi connectivity index (χ1n) is 7.06. The van der Waals surface area contributed by atoms with Crippen LogP contribution in [0.2, 0.25) is 0 Å². The van der Waals surface area contributed by atoms with Crippen LogP contribution < -0.4 is 11.1 Å². The van der Waals surface area contributed by atoms with Crippen LogP contribution in [0, 0.1) is 0 Å². The van der Waals surface area contributed by atoms with Crippen LogP contribution in [0.5, 0.6) is 0 Å². The molecule has 4 nitrogen and oxygen atoms in total. The predicted molar refractivity (Wildman–Crippen MR) is 88.4 cm³/mol. The van der Waals surface area contributed by atoms with E-state index in [0.29, 0.717) is 18.4 Å². The van der Waals surface area contributed by atoms with Crippen LogP contribution >= 0.6 is 0 Å². The second-order valence-electron chi connectivity index (χ2n) is 6.31. The first-order chi connectivity index (χ1) is 9.22. The van der Waals surface area contributed by atoms with Crippen molar-refractivity contribution >= 4 is 11.6 Å². The fourth-order valence-electron chi connectivity index (χ4n) is 1.58. The summed E-state index contributed by atoms with van der Waals surface area (Å²) in [7, 11) is 4.09. The summed E-state index contributed by atoms with van der Waals surface area (Å²) in [4.78, 5) is 6.57. The zero-order chi connectivity index (χ0) is 15.3. The number of hydrogen-bond donors (Lipinski definition) is 2. The molecule has 0 unspecified atom stereocenters. The SMILES string of the molecule is CC(C)c1cccc(NC(N)=NCC(C)(C)N(C)C)c1. The van der Waals surface area contributed by atoms with Crippen LogP contribution in [0.25, 0.3) is 0 Å². The minimum absolute atomic E-state index is 0.00786. The zero-order valence-corrected chi connectivity index (χ0v) is 13.6. The molecule has 0 aliphatic carbocycles. The number of hydrogen-bond acceptors (Lipinski definition) is 2. The van der Waals surface area contributed by atoms with E-state index in [-0.39, 0.29) is 5.54 Å². The number of rotatable bonds is 5. The Hall–Kier alpha value is -1.55. The highest BCUT2D eigenvalue weighted by atomic mass is 15.2. The lowest BCUT2D eigenvalue weighted by atomic mass is 10.0. The van der Waals surface area contributed by atoms with Gasteiger partial charge in [-0.25, -0.2) is 0 Å². The molecule has 0 aromatic heterocycles. The van der Waals surface area contributed by atoms with Crippen LogP contribution in [0.3, 0.4) is 0 Å². The van der Waals surface area contributed by atoms with Gasteiger partial charge >= 0.3 is 0 Å². The number of aliphatic imine (C=N–C) groups is 1. The van der Waals surface area contributed by atoms with Crippen molar-refractivity contribution in [3.05, 3.63) is 29.8 Å². The van der Waals surface area contributed by atoms with Crippen LogP contribution in [-0.2, 0) is 0 Å². The molecule has 0 bridgehead atoms. The Morgan fingerprint density at radius 2 is 2.00 bits per heavy atom. The van der Waals surface area contributed by atoms with Crippen LogP contribution in [0.1, 0.15) is 39.2 Å². The molecular weight excluding hydrogens is 248 g/mol. The second kappa shape index (κ2) is 6.75. The van der Waals surface area contributed by atoms with Gasteiger partial charge in [-0.2, -0.15) is 0 Å². The average Bonchev–Trinajstić information content (AvgIpc) is 2.36. The van der Waals surface area contributed by atoms with Crippen LogP contribution in [-0.4, -0.2) is 37.0 Å². The van der Waals surface area contributed by atoms with E-state index in [1.165, 1.54) is 5.56 Å². The minimum atomic E-state index is -0.00786. The molecule has 0 atom stereocenters. The summed E-state index contributed by atoms with van der Waals surface area (Å²) >= 11 is 0. The first-order valence-corrected chi connectivity index (χ1v) is 7.06. The van der Waals surface area contributed by atoms with E-state index in [2.05, 4.69) is 55.0 Å². The lowest BCUT2D eigenvalue weighted by Gasteiger charge is -2.30. The molecule has 0 amide bonds. The van der Waals surface area contributed by atoms with Crippen molar-refractivity contribution in [2.45, 2.75) is 39.2 Å². The molecule has 4 heteroatoms. The molecule has 0 aliphatic heterocycles. The van der Waals surface area contributed by atoms with Crippen molar-refractivity contribution in [2.75, 3.05) is 26.0 Å². The fraction of sp³-hybridized carbons (Fsp3) is 0.562. The Balaban J connectivity index is 2.71. The molecule has 0 saturated carbocycles. The monoisotopic (exact) mass is 276 g/mol. The van der Waals surface area contributed by atoms with Gasteiger partial charge in [-0.3, -0.25) is 4.99 Å². The Bertz CT molecular complexity index is 461. The smallest absolute Gasteiger partial charge is 0.193 e. The molecule has 112 valence electrons. The van der Waals surface area contributed by atoms with Gasteiger partial charge in [-0.15, -0.1) is 0 Å². The quantitative estimate of drug-likeness (QED) is 0.642. The predicted octanol–water partition coefficient (Wildman–Crippen LogP) is 2.88. The van der Waals surface area contributed by atoms with E-state index >= 15 is 0 Å². The number of nitrogens with one attached hydrogen (secondary N) is 1. The lowest BCUT2D eigenvalue weighted by Crippen LogP contribution is -2.41. The van der Waals surface area contributed by atoms with Gasteiger partial charge in [0, 0.05) is 11.2 Å². The summed E-state index contributed by atoms with van der Waals surface area (Å²) in [6.07, 6.45) is 0. The molecule has 0 aliphatic rings. The van der Waals surface area contributed by atoms with Crippen molar-refractivity contribution in [1.82, 2.24) is 4.90 Å². The number of anilines is 1. The molecule has 20 heavy (non-hydrogen) atoms. The summed E-state index contributed by atoms with van der Waals surface area (Å²) < 4.78 is 0. The minimum Gasteiger partial charge on any atom is -0.370 e. The van der Waals surface area contributed by atoms with Gasteiger partial charge in [0.2, 0.25) is 0 Å². The zero-order valence-electron chi connectivity index (χ0n) is 13.6. The molecule has 0 saturated heterocycles. The molecule has 0 fully saturated rings. The summed E-state index contributed by atoms with van der Waals surface area (Å²) in [6, 6.07) is 8.28. The van der Waals surface area contributed by atoms with Crippen LogP contribution in [0.4, 0.5) is 5.69 Å². The van der Waals surface area contributed by atoms with Gasteiger partial charge in [0.15, 0.2) is 5.96 Å².